The number of aryl methyl sites for hydroxylation is 1. The molecule has 0 aromatic heterocycles. The average Bonchev–Trinajstić information content (AvgIpc) is 2.81. The first-order chi connectivity index (χ1) is 15.6. The van der Waals surface area contributed by atoms with Crippen molar-refractivity contribution in [1.82, 2.24) is 4.90 Å². The molecule has 0 amide bonds. The quantitative estimate of drug-likeness (QED) is 0.450. The molecule has 0 aliphatic carbocycles. The Morgan fingerprint density at radius 1 is 0.969 bits per heavy atom. The van der Waals surface area contributed by atoms with E-state index in [1.165, 1.54) is 5.70 Å². The number of ether oxygens (including phenoxy) is 1. The molecule has 1 aliphatic rings. The highest BCUT2D eigenvalue weighted by Gasteiger charge is 2.18. The fourth-order valence-corrected chi connectivity index (χ4v) is 4.30. The van der Waals surface area contributed by atoms with E-state index in [1.54, 1.807) is 6.07 Å². The number of hydrogen-bond donors (Lipinski definition) is 1. The Hall–Kier alpha value is -3.08. The zero-order chi connectivity index (χ0) is 22.5. The number of rotatable bonds is 6. The van der Waals surface area contributed by atoms with E-state index >= 15 is 0 Å². The topological polar surface area (TPSA) is 41.6 Å². The number of carbonyl (C=O) groups is 1. The van der Waals surface area contributed by atoms with E-state index in [0.29, 0.717) is 16.1 Å². The number of allylic oxidation sites excluding steroid dienone is 1. The van der Waals surface area contributed by atoms with Gasteiger partial charge in [-0.2, -0.15) is 0 Å². The molecule has 32 heavy (non-hydrogen) atoms. The molecule has 0 saturated carbocycles. The molecule has 1 saturated heterocycles. The molecule has 1 N–H and O–H groups in total. The summed E-state index contributed by atoms with van der Waals surface area (Å²) in [6.07, 6.45) is 2.14. The monoisotopic (exact) mass is 446 g/mol. The molecule has 164 valence electrons. The first-order valence-electron chi connectivity index (χ1n) is 10.8. The molecule has 0 spiro atoms. The number of morpholine rings is 1. The van der Waals surface area contributed by atoms with Gasteiger partial charge < -0.3 is 15.0 Å². The number of halogens is 1. The van der Waals surface area contributed by atoms with Crippen molar-refractivity contribution in [3.63, 3.8) is 0 Å². The molecule has 3 aromatic rings. The fourth-order valence-electron chi connectivity index (χ4n) is 4.03. The van der Waals surface area contributed by atoms with E-state index in [9.17, 15) is 4.79 Å². The number of ketones is 1. The lowest BCUT2D eigenvalue weighted by atomic mass is 9.99. The van der Waals surface area contributed by atoms with Crippen molar-refractivity contribution in [2.75, 3.05) is 31.6 Å². The SMILES string of the molecule is CC=C(c1ccccc1Nc1ccc(C(=O)c2ccccc2C)c(Cl)c1)N1CCOCC1. The van der Waals surface area contributed by atoms with Crippen LogP contribution in [-0.2, 0) is 4.74 Å². The van der Waals surface area contributed by atoms with Gasteiger partial charge in [-0.25, -0.2) is 0 Å². The molecule has 3 aromatic carbocycles. The van der Waals surface area contributed by atoms with Crippen LogP contribution >= 0.6 is 11.6 Å². The summed E-state index contributed by atoms with van der Waals surface area (Å²) in [5, 5.41) is 3.92. The van der Waals surface area contributed by atoms with E-state index in [4.69, 9.17) is 16.3 Å². The van der Waals surface area contributed by atoms with Gasteiger partial charge in [0.15, 0.2) is 5.78 Å². The number of carbonyl (C=O) groups excluding carboxylic acids is 1. The minimum Gasteiger partial charge on any atom is -0.378 e. The van der Waals surface area contributed by atoms with Crippen LogP contribution < -0.4 is 5.32 Å². The molecular formula is C27H27ClN2O2. The van der Waals surface area contributed by atoms with Crippen LogP contribution in [0.2, 0.25) is 5.02 Å². The first kappa shape index (κ1) is 22.1. The van der Waals surface area contributed by atoms with Crippen LogP contribution in [-0.4, -0.2) is 37.0 Å². The third-order valence-electron chi connectivity index (χ3n) is 5.71. The molecule has 0 atom stereocenters. The summed E-state index contributed by atoms with van der Waals surface area (Å²) in [5.74, 6) is -0.0661. The van der Waals surface area contributed by atoms with Gasteiger partial charge in [0.1, 0.15) is 0 Å². The zero-order valence-corrected chi connectivity index (χ0v) is 19.2. The number of nitrogens with one attached hydrogen (secondary N) is 1. The molecule has 1 aliphatic heterocycles. The van der Waals surface area contributed by atoms with E-state index in [-0.39, 0.29) is 5.78 Å². The van der Waals surface area contributed by atoms with Crippen LogP contribution in [0.4, 0.5) is 11.4 Å². The maximum atomic E-state index is 13.0. The highest BCUT2D eigenvalue weighted by Crippen LogP contribution is 2.31. The molecule has 1 heterocycles. The fraction of sp³-hybridized carbons (Fsp3) is 0.222. The predicted octanol–water partition coefficient (Wildman–Crippen LogP) is 6.32. The summed E-state index contributed by atoms with van der Waals surface area (Å²) in [7, 11) is 0. The van der Waals surface area contributed by atoms with Gasteiger partial charge in [0.05, 0.1) is 18.2 Å². The maximum absolute atomic E-state index is 13.0. The lowest BCUT2D eigenvalue weighted by Gasteiger charge is -2.32. The van der Waals surface area contributed by atoms with Crippen LogP contribution in [0.1, 0.15) is 34.0 Å². The van der Waals surface area contributed by atoms with E-state index in [2.05, 4.69) is 35.3 Å². The highest BCUT2D eigenvalue weighted by molar-refractivity contribution is 6.35. The number of hydrogen-bond acceptors (Lipinski definition) is 4. The second kappa shape index (κ2) is 10.0. The van der Waals surface area contributed by atoms with Gasteiger partial charge >= 0.3 is 0 Å². The van der Waals surface area contributed by atoms with Crippen LogP contribution in [0, 0.1) is 6.92 Å². The third kappa shape index (κ3) is 4.72. The average molecular weight is 447 g/mol. The van der Waals surface area contributed by atoms with Crippen LogP contribution in [0.5, 0.6) is 0 Å². The summed E-state index contributed by atoms with van der Waals surface area (Å²) >= 11 is 6.55. The smallest absolute Gasteiger partial charge is 0.194 e. The molecule has 4 nitrogen and oxygen atoms in total. The van der Waals surface area contributed by atoms with Crippen molar-refractivity contribution in [2.24, 2.45) is 0 Å². The predicted molar refractivity (Wildman–Crippen MR) is 132 cm³/mol. The van der Waals surface area contributed by atoms with E-state index < -0.39 is 0 Å². The van der Waals surface area contributed by atoms with Gasteiger partial charge in [-0.1, -0.05) is 60.1 Å². The lowest BCUT2D eigenvalue weighted by molar-refractivity contribution is 0.0639. The van der Waals surface area contributed by atoms with E-state index in [0.717, 1.165) is 48.8 Å². The standard InChI is InChI=1S/C27H27ClN2O2/c1-3-26(30-14-16-32-17-15-30)23-10-6-7-11-25(23)29-20-12-13-22(24(28)18-20)27(31)21-9-5-4-8-19(21)2/h3-13,18,29H,14-17H2,1-2H3. The third-order valence-corrected chi connectivity index (χ3v) is 6.02. The van der Waals surface area contributed by atoms with Gasteiger partial charge in [0, 0.05) is 46.9 Å². The molecule has 4 rings (SSSR count). The second-order valence-electron chi connectivity index (χ2n) is 7.78. The Labute approximate surface area is 194 Å². The van der Waals surface area contributed by atoms with Crippen molar-refractivity contribution in [1.29, 1.82) is 0 Å². The maximum Gasteiger partial charge on any atom is 0.194 e. The van der Waals surface area contributed by atoms with Gasteiger partial charge in [-0.05, 0) is 43.7 Å². The number of benzene rings is 3. The number of nitrogens with zero attached hydrogens (tertiary/aromatic N) is 1. The molecule has 0 bridgehead atoms. The van der Waals surface area contributed by atoms with E-state index in [1.807, 2.05) is 55.5 Å². The summed E-state index contributed by atoms with van der Waals surface area (Å²) in [6, 6.07) is 21.3. The van der Waals surface area contributed by atoms with Gasteiger partial charge in [0.2, 0.25) is 0 Å². The first-order valence-corrected chi connectivity index (χ1v) is 11.2. The Morgan fingerprint density at radius 3 is 2.34 bits per heavy atom. The van der Waals surface area contributed by atoms with Crippen molar-refractivity contribution >= 4 is 34.5 Å². The summed E-state index contributed by atoms with van der Waals surface area (Å²) in [6.45, 7) is 7.20. The number of anilines is 2. The molecule has 1 fully saturated rings. The summed E-state index contributed by atoms with van der Waals surface area (Å²) in [4.78, 5) is 15.3. The molecule has 0 unspecified atom stereocenters. The zero-order valence-electron chi connectivity index (χ0n) is 18.4. The van der Waals surface area contributed by atoms with Gasteiger partial charge in [0.25, 0.3) is 0 Å². The Kier molecular flexibility index (Phi) is 6.93. The number of para-hydroxylation sites is 1. The summed E-state index contributed by atoms with van der Waals surface area (Å²) < 4.78 is 5.51. The minimum absolute atomic E-state index is 0.0661. The second-order valence-corrected chi connectivity index (χ2v) is 8.19. The molecule has 0 radical (unpaired) electrons. The molecular weight excluding hydrogens is 420 g/mol. The van der Waals surface area contributed by atoms with Gasteiger partial charge in [-0.15, -0.1) is 0 Å². The Bertz CT molecular complexity index is 1150. The molecule has 5 heteroatoms. The van der Waals surface area contributed by atoms with Crippen LogP contribution in [0.25, 0.3) is 5.70 Å². The van der Waals surface area contributed by atoms with Crippen LogP contribution in [0.15, 0.2) is 72.8 Å². The largest absolute Gasteiger partial charge is 0.378 e. The Morgan fingerprint density at radius 2 is 1.66 bits per heavy atom. The summed E-state index contributed by atoms with van der Waals surface area (Å²) in [5.41, 5.74) is 6.22. The van der Waals surface area contributed by atoms with Crippen LogP contribution in [0.3, 0.4) is 0 Å². The Balaban J connectivity index is 1.60. The normalized spacial score (nSPS) is 14.3. The van der Waals surface area contributed by atoms with Gasteiger partial charge in [-0.3, -0.25) is 4.79 Å². The van der Waals surface area contributed by atoms with Crippen molar-refractivity contribution in [3.05, 3.63) is 100 Å². The highest BCUT2D eigenvalue weighted by atomic mass is 35.5. The van der Waals surface area contributed by atoms with Crippen molar-refractivity contribution in [2.45, 2.75) is 13.8 Å². The van der Waals surface area contributed by atoms with Crippen molar-refractivity contribution in [3.8, 4) is 0 Å². The van der Waals surface area contributed by atoms with Crippen molar-refractivity contribution < 1.29 is 9.53 Å². The minimum atomic E-state index is -0.0661. The lowest BCUT2D eigenvalue weighted by Crippen LogP contribution is -2.35.